The highest BCUT2D eigenvalue weighted by Crippen LogP contribution is 2.33. The lowest BCUT2D eigenvalue weighted by Crippen LogP contribution is -2.37. The van der Waals surface area contributed by atoms with Crippen LogP contribution in [0.4, 0.5) is 5.69 Å². The summed E-state index contributed by atoms with van der Waals surface area (Å²) in [6.07, 6.45) is 0.434. The molecular formula is C30H32N4O5. The van der Waals surface area contributed by atoms with Gasteiger partial charge in [-0.2, -0.15) is 0 Å². The molecule has 1 fully saturated rings. The maximum Gasteiger partial charge on any atom is 0.306 e. The Balaban J connectivity index is 1.48. The molecule has 0 aromatic heterocycles. The third kappa shape index (κ3) is 6.43. The van der Waals surface area contributed by atoms with Crippen LogP contribution >= 0.6 is 0 Å². The van der Waals surface area contributed by atoms with Gasteiger partial charge in [0.2, 0.25) is 5.91 Å². The van der Waals surface area contributed by atoms with Crippen molar-refractivity contribution >= 4 is 29.3 Å². The van der Waals surface area contributed by atoms with Crippen molar-refractivity contribution in [3.63, 3.8) is 0 Å². The van der Waals surface area contributed by atoms with Crippen LogP contribution in [0.2, 0.25) is 0 Å². The number of benzene rings is 3. The standard InChI is InChI=1S/C30H32N4O5/c1-3-33-29(36)22-8-12-24(13-9-22)34-25(16-23(30(34)37)17-27(35)38-2)18-39-26-14-10-20(11-15-26)19-4-6-21(7-5-19)28(31)32/h4-15,23,25H,3,16-18H2,1-2H3,(H3,31,32)(H,33,36)/t23-,25-/m0/s1. The van der Waals surface area contributed by atoms with Crippen LogP contribution in [0, 0.1) is 11.3 Å². The molecule has 1 aliphatic rings. The number of amides is 2. The SMILES string of the molecule is CCNC(=O)c1ccc(N2C(=O)[C@H](CC(=O)OC)C[C@H]2COc2ccc(-c3ccc(C(=N)N)cc3)cc2)cc1. The summed E-state index contributed by atoms with van der Waals surface area (Å²) < 4.78 is 10.9. The smallest absolute Gasteiger partial charge is 0.306 e. The van der Waals surface area contributed by atoms with E-state index >= 15 is 0 Å². The number of carbonyl (C=O) groups excluding carboxylic acids is 3. The summed E-state index contributed by atoms with van der Waals surface area (Å²) >= 11 is 0. The monoisotopic (exact) mass is 528 g/mol. The number of hydrogen-bond donors (Lipinski definition) is 3. The number of nitrogens with two attached hydrogens (primary N) is 1. The van der Waals surface area contributed by atoms with E-state index in [4.69, 9.17) is 20.6 Å². The van der Waals surface area contributed by atoms with Gasteiger partial charge in [0, 0.05) is 23.4 Å². The Labute approximate surface area is 227 Å². The summed E-state index contributed by atoms with van der Waals surface area (Å²) in [5.41, 5.74) is 9.31. The molecule has 1 heterocycles. The van der Waals surface area contributed by atoms with Crippen LogP contribution in [-0.4, -0.2) is 49.9 Å². The van der Waals surface area contributed by atoms with Gasteiger partial charge in [-0.15, -0.1) is 0 Å². The molecule has 9 heteroatoms. The average molecular weight is 529 g/mol. The summed E-state index contributed by atoms with van der Waals surface area (Å²) in [6.45, 7) is 2.60. The molecule has 2 atom stereocenters. The molecule has 3 aromatic carbocycles. The molecule has 39 heavy (non-hydrogen) atoms. The van der Waals surface area contributed by atoms with Crippen molar-refractivity contribution in [2.45, 2.75) is 25.8 Å². The van der Waals surface area contributed by atoms with Gasteiger partial charge in [-0.05, 0) is 60.9 Å². The number of rotatable bonds is 10. The number of esters is 1. The number of amidine groups is 1. The molecule has 2 amide bonds. The summed E-state index contributed by atoms with van der Waals surface area (Å²) in [6, 6.07) is 21.6. The number of ether oxygens (including phenoxy) is 2. The van der Waals surface area contributed by atoms with Crippen LogP contribution in [0.15, 0.2) is 72.8 Å². The maximum atomic E-state index is 13.3. The summed E-state index contributed by atoms with van der Waals surface area (Å²) in [5, 5.41) is 10.3. The lowest BCUT2D eigenvalue weighted by molar-refractivity contribution is -0.143. The van der Waals surface area contributed by atoms with E-state index in [0.29, 0.717) is 35.5 Å². The minimum Gasteiger partial charge on any atom is -0.491 e. The molecule has 4 rings (SSSR count). The van der Waals surface area contributed by atoms with Crippen LogP contribution in [0.5, 0.6) is 5.75 Å². The largest absolute Gasteiger partial charge is 0.491 e. The van der Waals surface area contributed by atoms with Gasteiger partial charge in [-0.1, -0.05) is 36.4 Å². The third-order valence-corrected chi connectivity index (χ3v) is 6.72. The summed E-state index contributed by atoms with van der Waals surface area (Å²) in [4.78, 5) is 39.1. The summed E-state index contributed by atoms with van der Waals surface area (Å²) in [5.74, 6) is -0.642. The molecule has 9 nitrogen and oxygen atoms in total. The molecule has 0 unspecified atom stereocenters. The zero-order valence-corrected chi connectivity index (χ0v) is 22.0. The van der Waals surface area contributed by atoms with Crippen LogP contribution < -0.4 is 20.7 Å². The van der Waals surface area contributed by atoms with Crippen LogP contribution in [0.3, 0.4) is 0 Å². The van der Waals surface area contributed by atoms with Gasteiger partial charge in [0.25, 0.3) is 5.91 Å². The highest BCUT2D eigenvalue weighted by Gasteiger charge is 2.41. The van der Waals surface area contributed by atoms with E-state index in [1.165, 1.54) is 7.11 Å². The molecule has 1 saturated heterocycles. The Morgan fingerprint density at radius 3 is 2.13 bits per heavy atom. The van der Waals surface area contributed by atoms with Gasteiger partial charge in [0.1, 0.15) is 18.2 Å². The van der Waals surface area contributed by atoms with Crippen molar-refractivity contribution in [1.82, 2.24) is 5.32 Å². The van der Waals surface area contributed by atoms with Crippen LogP contribution in [0.1, 0.15) is 35.7 Å². The lowest BCUT2D eigenvalue weighted by Gasteiger charge is -2.25. The predicted molar refractivity (Wildman–Crippen MR) is 149 cm³/mol. The minimum atomic E-state index is -0.519. The molecule has 0 bridgehead atoms. The van der Waals surface area contributed by atoms with Crippen molar-refractivity contribution in [2.75, 3.05) is 25.2 Å². The van der Waals surface area contributed by atoms with Gasteiger partial charge in [0.15, 0.2) is 0 Å². The first-order valence-electron chi connectivity index (χ1n) is 12.8. The van der Waals surface area contributed by atoms with E-state index in [-0.39, 0.29) is 36.7 Å². The lowest BCUT2D eigenvalue weighted by atomic mass is 10.0. The number of anilines is 1. The van der Waals surface area contributed by atoms with E-state index in [2.05, 4.69) is 5.32 Å². The fourth-order valence-corrected chi connectivity index (χ4v) is 4.66. The van der Waals surface area contributed by atoms with E-state index in [1.807, 2.05) is 43.3 Å². The molecule has 0 aliphatic carbocycles. The van der Waals surface area contributed by atoms with Crippen molar-refractivity contribution in [2.24, 2.45) is 11.7 Å². The van der Waals surface area contributed by atoms with Crippen molar-refractivity contribution in [3.8, 4) is 16.9 Å². The second-order valence-corrected chi connectivity index (χ2v) is 9.31. The first kappa shape index (κ1) is 27.4. The normalized spacial score (nSPS) is 16.6. The first-order valence-corrected chi connectivity index (χ1v) is 12.8. The highest BCUT2D eigenvalue weighted by molar-refractivity contribution is 6.00. The topological polar surface area (TPSA) is 135 Å². The Bertz CT molecular complexity index is 1340. The second-order valence-electron chi connectivity index (χ2n) is 9.31. The Morgan fingerprint density at radius 2 is 1.56 bits per heavy atom. The summed E-state index contributed by atoms with van der Waals surface area (Å²) in [7, 11) is 1.31. The molecule has 4 N–H and O–H groups in total. The molecule has 3 aromatic rings. The number of hydrogen-bond acceptors (Lipinski definition) is 6. The molecule has 0 saturated carbocycles. The molecule has 1 aliphatic heterocycles. The molecule has 202 valence electrons. The van der Waals surface area contributed by atoms with Gasteiger partial charge < -0.3 is 25.4 Å². The van der Waals surface area contributed by atoms with Gasteiger partial charge in [-0.25, -0.2) is 0 Å². The van der Waals surface area contributed by atoms with Gasteiger partial charge in [0.05, 0.1) is 25.5 Å². The van der Waals surface area contributed by atoms with Crippen molar-refractivity contribution in [3.05, 3.63) is 83.9 Å². The first-order chi connectivity index (χ1) is 18.8. The van der Waals surface area contributed by atoms with Crippen molar-refractivity contribution in [1.29, 1.82) is 5.41 Å². The predicted octanol–water partition coefficient (Wildman–Crippen LogP) is 3.75. The minimum absolute atomic E-state index is 0.00353. The number of carbonyl (C=O) groups is 3. The Kier molecular flexibility index (Phi) is 8.60. The maximum absolute atomic E-state index is 13.3. The zero-order chi connectivity index (χ0) is 27.9. The second kappa shape index (κ2) is 12.3. The van der Waals surface area contributed by atoms with E-state index in [1.54, 1.807) is 41.3 Å². The number of nitrogens with zero attached hydrogens (tertiary/aromatic N) is 1. The average Bonchev–Trinajstić information content (AvgIpc) is 3.26. The van der Waals surface area contributed by atoms with E-state index in [9.17, 15) is 14.4 Å². The van der Waals surface area contributed by atoms with Crippen LogP contribution in [0.25, 0.3) is 11.1 Å². The van der Waals surface area contributed by atoms with Crippen molar-refractivity contribution < 1.29 is 23.9 Å². The molecule has 0 radical (unpaired) electrons. The highest BCUT2D eigenvalue weighted by atomic mass is 16.5. The van der Waals surface area contributed by atoms with Gasteiger partial charge in [-0.3, -0.25) is 19.8 Å². The zero-order valence-electron chi connectivity index (χ0n) is 22.0. The van der Waals surface area contributed by atoms with Gasteiger partial charge >= 0.3 is 5.97 Å². The van der Waals surface area contributed by atoms with Crippen LogP contribution in [-0.2, 0) is 14.3 Å². The molecular weight excluding hydrogens is 496 g/mol. The number of methoxy groups -OCH3 is 1. The van der Waals surface area contributed by atoms with E-state index in [0.717, 1.165) is 11.1 Å². The van der Waals surface area contributed by atoms with E-state index < -0.39 is 11.9 Å². The fraction of sp³-hybridized carbons (Fsp3) is 0.267. The number of nitrogen functional groups attached to an aromatic ring is 1. The fourth-order valence-electron chi connectivity index (χ4n) is 4.66. The number of nitrogens with one attached hydrogen (secondary N) is 2. The molecule has 0 spiro atoms. The Morgan fingerprint density at radius 1 is 0.974 bits per heavy atom. The Hall–Kier alpha value is -4.66. The third-order valence-electron chi connectivity index (χ3n) is 6.72. The quantitative estimate of drug-likeness (QED) is 0.208.